The highest BCUT2D eigenvalue weighted by Gasteiger charge is 2.20. The number of H-pyrrole nitrogens is 1. The number of ether oxygens (including phenoxy) is 2. The fraction of sp³-hybridized carbons (Fsp3) is 0.125. The van der Waals surface area contributed by atoms with Crippen molar-refractivity contribution in [1.82, 2.24) is 15.2 Å². The van der Waals surface area contributed by atoms with Crippen LogP contribution in [0.4, 0.5) is 5.82 Å². The molecular weight excluding hydrogens is 344 g/mol. The normalized spacial score (nSPS) is 13.4. The maximum atomic E-state index is 12.6. The van der Waals surface area contributed by atoms with Crippen LogP contribution in [-0.2, 0) is 10.0 Å². The van der Waals surface area contributed by atoms with E-state index in [4.69, 9.17) is 9.47 Å². The number of aromatic nitrogens is 3. The van der Waals surface area contributed by atoms with E-state index in [0.717, 1.165) is 5.56 Å². The molecule has 0 spiro atoms. The van der Waals surface area contributed by atoms with Crippen LogP contribution in [0.3, 0.4) is 0 Å². The molecular formula is C16H14N4O4S. The summed E-state index contributed by atoms with van der Waals surface area (Å²) in [4.78, 5) is 4.02. The Morgan fingerprint density at radius 3 is 2.56 bits per heavy atom. The fourth-order valence-electron chi connectivity index (χ4n) is 2.44. The van der Waals surface area contributed by atoms with E-state index >= 15 is 0 Å². The van der Waals surface area contributed by atoms with Gasteiger partial charge in [-0.05, 0) is 24.3 Å². The number of rotatable bonds is 4. The van der Waals surface area contributed by atoms with Crippen LogP contribution in [0.2, 0.25) is 0 Å². The molecule has 3 heterocycles. The summed E-state index contributed by atoms with van der Waals surface area (Å²) in [6, 6.07) is 9.69. The van der Waals surface area contributed by atoms with Gasteiger partial charge in [0.2, 0.25) is 0 Å². The number of hydrogen-bond donors (Lipinski definition) is 2. The summed E-state index contributed by atoms with van der Waals surface area (Å²) >= 11 is 0. The zero-order valence-corrected chi connectivity index (χ0v) is 13.8. The summed E-state index contributed by atoms with van der Waals surface area (Å²) in [5.74, 6) is 1.14. The number of fused-ring (bicyclic) bond motifs is 1. The number of nitrogens with one attached hydrogen (secondary N) is 2. The van der Waals surface area contributed by atoms with Crippen molar-refractivity contribution in [2.75, 3.05) is 17.9 Å². The zero-order valence-electron chi connectivity index (χ0n) is 13.0. The number of benzene rings is 1. The molecule has 25 heavy (non-hydrogen) atoms. The van der Waals surface area contributed by atoms with Crippen LogP contribution in [0.25, 0.3) is 11.3 Å². The van der Waals surface area contributed by atoms with Crippen molar-refractivity contribution in [3.8, 4) is 22.8 Å². The quantitative estimate of drug-likeness (QED) is 0.739. The average Bonchev–Trinajstić information content (AvgIpc) is 3.10. The number of aromatic amines is 1. The van der Waals surface area contributed by atoms with Gasteiger partial charge in [0.15, 0.2) is 17.3 Å². The maximum absolute atomic E-state index is 12.6. The predicted molar refractivity (Wildman–Crippen MR) is 90.1 cm³/mol. The van der Waals surface area contributed by atoms with E-state index in [1.54, 1.807) is 36.7 Å². The summed E-state index contributed by atoms with van der Waals surface area (Å²) in [7, 11) is -3.80. The minimum Gasteiger partial charge on any atom is -0.486 e. The molecule has 8 nitrogen and oxygen atoms in total. The van der Waals surface area contributed by atoms with Crippen molar-refractivity contribution in [2.45, 2.75) is 4.90 Å². The van der Waals surface area contributed by atoms with Crippen molar-refractivity contribution in [1.29, 1.82) is 0 Å². The molecule has 0 atom stereocenters. The van der Waals surface area contributed by atoms with Gasteiger partial charge in [-0.1, -0.05) is 0 Å². The standard InChI is InChI=1S/C16H14N4O4S/c21-25(22,12-1-2-14-15(9-12)24-8-7-23-14)20-16-10-13(18-19-16)11-3-5-17-6-4-11/h1-6,9-10H,7-8H2,(H2,18,19,20). The van der Waals surface area contributed by atoms with Gasteiger partial charge in [-0.3, -0.25) is 14.8 Å². The van der Waals surface area contributed by atoms with E-state index in [1.165, 1.54) is 12.1 Å². The highest BCUT2D eigenvalue weighted by Crippen LogP contribution is 2.32. The minimum absolute atomic E-state index is 0.0743. The van der Waals surface area contributed by atoms with Gasteiger partial charge < -0.3 is 9.47 Å². The molecule has 4 rings (SSSR count). The first-order chi connectivity index (χ1) is 12.1. The van der Waals surface area contributed by atoms with Crippen LogP contribution in [0.15, 0.2) is 53.7 Å². The molecule has 2 N–H and O–H groups in total. The van der Waals surface area contributed by atoms with E-state index in [0.29, 0.717) is 30.4 Å². The van der Waals surface area contributed by atoms with Gasteiger partial charge in [0.1, 0.15) is 13.2 Å². The van der Waals surface area contributed by atoms with Crippen LogP contribution in [0.1, 0.15) is 0 Å². The number of anilines is 1. The third-order valence-corrected chi connectivity index (χ3v) is 4.98. The molecule has 0 radical (unpaired) electrons. The van der Waals surface area contributed by atoms with Crippen LogP contribution in [0.5, 0.6) is 11.5 Å². The molecule has 0 aliphatic carbocycles. The minimum atomic E-state index is -3.80. The number of hydrogen-bond acceptors (Lipinski definition) is 6. The monoisotopic (exact) mass is 358 g/mol. The summed E-state index contributed by atoms with van der Waals surface area (Å²) in [6.07, 6.45) is 3.30. The molecule has 128 valence electrons. The van der Waals surface area contributed by atoms with E-state index < -0.39 is 10.0 Å². The first-order valence-corrected chi connectivity index (χ1v) is 8.98. The smallest absolute Gasteiger partial charge is 0.263 e. The van der Waals surface area contributed by atoms with Gasteiger partial charge >= 0.3 is 0 Å². The molecule has 1 aromatic carbocycles. The van der Waals surface area contributed by atoms with Crippen LogP contribution < -0.4 is 14.2 Å². The lowest BCUT2D eigenvalue weighted by atomic mass is 10.2. The lowest BCUT2D eigenvalue weighted by molar-refractivity contribution is 0.171. The summed E-state index contributed by atoms with van der Waals surface area (Å²) < 4.78 is 38.4. The fourth-order valence-corrected chi connectivity index (χ4v) is 3.45. The van der Waals surface area contributed by atoms with Gasteiger partial charge in [0.05, 0.1) is 10.6 Å². The Morgan fingerprint density at radius 1 is 1.00 bits per heavy atom. The Balaban J connectivity index is 1.59. The summed E-state index contributed by atoms with van der Waals surface area (Å²) in [5.41, 5.74) is 1.54. The summed E-state index contributed by atoms with van der Waals surface area (Å²) in [5, 5.41) is 6.80. The molecule has 0 bridgehead atoms. The topological polar surface area (TPSA) is 106 Å². The van der Waals surface area contributed by atoms with Crippen molar-refractivity contribution >= 4 is 15.8 Å². The van der Waals surface area contributed by atoms with Gasteiger partial charge in [0, 0.05) is 30.1 Å². The van der Waals surface area contributed by atoms with E-state index in [9.17, 15) is 8.42 Å². The highest BCUT2D eigenvalue weighted by atomic mass is 32.2. The largest absolute Gasteiger partial charge is 0.486 e. The van der Waals surface area contributed by atoms with E-state index in [-0.39, 0.29) is 10.7 Å². The zero-order chi connectivity index (χ0) is 17.3. The predicted octanol–water partition coefficient (Wildman–Crippen LogP) is 2.04. The Kier molecular flexibility index (Phi) is 3.77. The second kappa shape index (κ2) is 6.10. The second-order valence-electron chi connectivity index (χ2n) is 5.31. The molecule has 1 aliphatic rings. The molecule has 3 aromatic rings. The van der Waals surface area contributed by atoms with Crippen LogP contribution in [-0.4, -0.2) is 36.8 Å². The first kappa shape index (κ1) is 15.5. The molecule has 0 saturated carbocycles. The summed E-state index contributed by atoms with van der Waals surface area (Å²) in [6.45, 7) is 0.834. The molecule has 1 aliphatic heterocycles. The maximum Gasteiger partial charge on any atom is 0.263 e. The molecule has 9 heteroatoms. The Hall–Kier alpha value is -3.07. The second-order valence-corrected chi connectivity index (χ2v) is 7.00. The van der Waals surface area contributed by atoms with E-state index in [2.05, 4.69) is 19.9 Å². The van der Waals surface area contributed by atoms with Gasteiger partial charge in [-0.25, -0.2) is 8.42 Å². The number of nitrogens with zero attached hydrogens (tertiary/aromatic N) is 2. The molecule has 0 saturated heterocycles. The van der Waals surface area contributed by atoms with Crippen molar-refractivity contribution in [3.05, 3.63) is 48.8 Å². The van der Waals surface area contributed by atoms with Crippen molar-refractivity contribution in [3.63, 3.8) is 0 Å². The molecule has 0 unspecified atom stereocenters. The third kappa shape index (κ3) is 3.13. The number of sulfonamides is 1. The lowest BCUT2D eigenvalue weighted by Crippen LogP contribution is -2.17. The number of pyridine rings is 1. The highest BCUT2D eigenvalue weighted by molar-refractivity contribution is 7.92. The Labute approximate surface area is 143 Å². The van der Waals surface area contributed by atoms with Crippen molar-refractivity contribution < 1.29 is 17.9 Å². The van der Waals surface area contributed by atoms with Gasteiger partial charge in [-0.15, -0.1) is 0 Å². The SMILES string of the molecule is O=S(=O)(Nc1cc(-c2ccncc2)[nH]n1)c1ccc2c(c1)OCCO2. The third-order valence-electron chi connectivity index (χ3n) is 3.63. The Bertz CT molecular complexity index is 1000. The molecule has 0 fully saturated rings. The van der Waals surface area contributed by atoms with Gasteiger partial charge in [-0.2, -0.15) is 5.10 Å². The van der Waals surface area contributed by atoms with Crippen LogP contribution >= 0.6 is 0 Å². The first-order valence-electron chi connectivity index (χ1n) is 7.50. The van der Waals surface area contributed by atoms with Gasteiger partial charge in [0.25, 0.3) is 10.0 Å². The van der Waals surface area contributed by atoms with E-state index in [1.807, 2.05) is 0 Å². The van der Waals surface area contributed by atoms with Crippen molar-refractivity contribution in [2.24, 2.45) is 0 Å². The lowest BCUT2D eigenvalue weighted by Gasteiger charge is -2.18. The molecule has 0 amide bonds. The van der Waals surface area contributed by atoms with Crippen LogP contribution in [0, 0.1) is 0 Å². The molecule has 2 aromatic heterocycles. The Morgan fingerprint density at radius 2 is 1.76 bits per heavy atom. The average molecular weight is 358 g/mol.